The second-order valence-electron chi connectivity index (χ2n) is 6.03. The number of hydrogen-bond acceptors (Lipinski definition) is 4. The Balaban J connectivity index is 1.80. The third-order valence-electron chi connectivity index (χ3n) is 4.46. The van der Waals surface area contributed by atoms with Gasteiger partial charge in [0.15, 0.2) is 5.76 Å². The molecule has 118 valence electrons. The molecule has 22 heavy (non-hydrogen) atoms. The van der Waals surface area contributed by atoms with E-state index in [9.17, 15) is 9.90 Å². The van der Waals surface area contributed by atoms with E-state index in [0.29, 0.717) is 11.3 Å². The van der Waals surface area contributed by atoms with E-state index < -0.39 is 5.60 Å². The molecule has 0 unspecified atom stereocenters. The van der Waals surface area contributed by atoms with Crippen LogP contribution in [0.5, 0.6) is 5.75 Å². The number of carbonyl (C=O) groups excluding carboxylic acids is 1. The minimum Gasteiger partial charge on any atom is -0.497 e. The lowest BCUT2D eigenvalue weighted by Gasteiger charge is -2.21. The number of furan rings is 1. The van der Waals surface area contributed by atoms with E-state index in [1.165, 1.54) is 0 Å². The van der Waals surface area contributed by atoms with E-state index in [1.54, 1.807) is 19.2 Å². The average Bonchev–Trinajstić information content (AvgIpc) is 3.10. The van der Waals surface area contributed by atoms with Gasteiger partial charge in [0, 0.05) is 17.5 Å². The predicted molar refractivity (Wildman–Crippen MR) is 83.3 cm³/mol. The standard InChI is InChI=1S/C17H21NO4/c1-11-13-9-12(21-2)5-6-14(13)22-15(11)16(19)18-10-17(20)7-3-4-8-17/h5-6,9,20H,3-4,7-8,10H2,1-2H3,(H,18,19). The minimum absolute atomic E-state index is 0.269. The summed E-state index contributed by atoms with van der Waals surface area (Å²) < 4.78 is 10.9. The van der Waals surface area contributed by atoms with E-state index >= 15 is 0 Å². The Labute approximate surface area is 129 Å². The van der Waals surface area contributed by atoms with Crippen LogP contribution in [-0.4, -0.2) is 30.3 Å². The lowest BCUT2D eigenvalue weighted by molar-refractivity contribution is 0.0444. The second kappa shape index (κ2) is 5.65. The van der Waals surface area contributed by atoms with Crippen molar-refractivity contribution in [3.63, 3.8) is 0 Å². The molecule has 0 radical (unpaired) electrons. The number of methoxy groups -OCH3 is 1. The Morgan fingerprint density at radius 3 is 2.82 bits per heavy atom. The summed E-state index contributed by atoms with van der Waals surface area (Å²) in [7, 11) is 1.60. The number of fused-ring (bicyclic) bond motifs is 1. The summed E-state index contributed by atoms with van der Waals surface area (Å²) >= 11 is 0. The van der Waals surface area contributed by atoms with Gasteiger partial charge in [-0.1, -0.05) is 12.8 Å². The fraction of sp³-hybridized carbons (Fsp3) is 0.471. The molecule has 1 heterocycles. The van der Waals surface area contributed by atoms with Gasteiger partial charge in [0.25, 0.3) is 5.91 Å². The van der Waals surface area contributed by atoms with Crippen LogP contribution >= 0.6 is 0 Å². The smallest absolute Gasteiger partial charge is 0.287 e. The molecule has 1 aliphatic rings. The quantitative estimate of drug-likeness (QED) is 0.911. The number of aliphatic hydroxyl groups is 1. The van der Waals surface area contributed by atoms with Crippen LogP contribution in [0.4, 0.5) is 0 Å². The first-order valence-corrected chi connectivity index (χ1v) is 7.60. The van der Waals surface area contributed by atoms with Gasteiger partial charge in [-0.25, -0.2) is 0 Å². The van der Waals surface area contributed by atoms with Crippen molar-refractivity contribution in [2.75, 3.05) is 13.7 Å². The number of amides is 1. The van der Waals surface area contributed by atoms with Gasteiger partial charge < -0.3 is 19.6 Å². The molecule has 2 N–H and O–H groups in total. The van der Waals surface area contributed by atoms with Crippen molar-refractivity contribution in [1.82, 2.24) is 5.32 Å². The largest absolute Gasteiger partial charge is 0.497 e. The molecule has 0 aliphatic heterocycles. The topological polar surface area (TPSA) is 71.7 Å². The lowest BCUT2D eigenvalue weighted by atomic mass is 10.0. The van der Waals surface area contributed by atoms with Gasteiger partial charge in [0.05, 0.1) is 12.7 Å². The van der Waals surface area contributed by atoms with Crippen molar-refractivity contribution in [1.29, 1.82) is 0 Å². The third kappa shape index (κ3) is 2.68. The highest BCUT2D eigenvalue weighted by Gasteiger charge is 2.32. The maximum absolute atomic E-state index is 12.3. The van der Waals surface area contributed by atoms with Crippen molar-refractivity contribution in [3.8, 4) is 5.75 Å². The molecule has 0 spiro atoms. The molecule has 1 aromatic carbocycles. The predicted octanol–water partition coefficient (Wildman–Crippen LogP) is 2.78. The van der Waals surface area contributed by atoms with Crippen LogP contribution in [-0.2, 0) is 0 Å². The summed E-state index contributed by atoms with van der Waals surface area (Å²) in [6, 6.07) is 5.45. The molecule has 0 bridgehead atoms. The highest BCUT2D eigenvalue weighted by Crippen LogP contribution is 2.30. The second-order valence-corrected chi connectivity index (χ2v) is 6.03. The minimum atomic E-state index is -0.765. The monoisotopic (exact) mass is 303 g/mol. The SMILES string of the molecule is COc1ccc2oc(C(=O)NCC3(O)CCCC3)c(C)c2c1. The summed E-state index contributed by atoms with van der Waals surface area (Å²) in [5.74, 6) is 0.737. The van der Waals surface area contributed by atoms with Crippen molar-refractivity contribution in [2.24, 2.45) is 0 Å². The first-order valence-electron chi connectivity index (χ1n) is 7.60. The van der Waals surface area contributed by atoms with Crippen molar-refractivity contribution in [2.45, 2.75) is 38.2 Å². The van der Waals surface area contributed by atoms with E-state index in [0.717, 1.165) is 42.4 Å². The third-order valence-corrected chi connectivity index (χ3v) is 4.46. The van der Waals surface area contributed by atoms with Gasteiger partial charge in [0.2, 0.25) is 0 Å². The number of carbonyl (C=O) groups is 1. The fourth-order valence-electron chi connectivity index (χ4n) is 3.08. The van der Waals surface area contributed by atoms with Gasteiger partial charge >= 0.3 is 0 Å². The molecule has 3 rings (SSSR count). The molecule has 0 saturated heterocycles. The van der Waals surface area contributed by atoms with E-state index in [4.69, 9.17) is 9.15 Å². The summed E-state index contributed by atoms with van der Waals surface area (Å²) in [5.41, 5.74) is 0.673. The molecule has 0 atom stereocenters. The van der Waals surface area contributed by atoms with Crippen molar-refractivity contribution in [3.05, 3.63) is 29.5 Å². The number of nitrogens with one attached hydrogen (secondary N) is 1. The Morgan fingerprint density at radius 2 is 2.14 bits per heavy atom. The molecule has 5 nitrogen and oxygen atoms in total. The van der Waals surface area contributed by atoms with E-state index in [1.807, 2.05) is 13.0 Å². The van der Waals surface area contributed by atoms with Gasteiger partial charge in [-0.2, -0.15) is 0 Å². The van der Waals surface area contributed by atoms with Crippen LogP contribution in [0.1, 0.15) is 41.8 Å². The molecule has 2 aromatic rings. The number of benzene rings is 1. The molecule has 1 fully saturated rings. The number of rotatable bonds is 4. The summed E-state index contributed by atoms with van der Waals surface area (Å²) in [4.78, 5) is 12.3. The van der Waals surface area contributed by atoms with E-state index in [2.05, 4.69) is 5.32 Å². The van der Waals surface area contributed by atoms with Gasteiger partial charge in [0.1, 0.15) is 11.3 Å². The van der Waals surface area contributed by atoms with Crippen LogP contribution in [0.2, 0.25) is 0 Å². The molecule has 1 aromatic heterocycles. The Bertz CT molecular complexity index is 698. The Morgan fingerprint density at radius 1 is 1.41 bits per heavy atom. The zero-order valence-electron chi connectivity index (χ0n) is 12.9. The normalized spacial score (nSPS) is 16.9. The van der Waals surface area contributed by atoms with Crippen LogP contribution in [0.25, 0.3) is 11.0 Å². The number of ether oxygens (including phenoxy) is 1. The zero-order valence-corrected chi connectivity index (χ0v) is 12.9. The highest BCUT2D eigenvalue weighted by atomic mass is 16.5. The van der Waals surface area contributed by atoms with E-state index in [-0.39, 0.29) is 12.5 Å². The zero-order chi connectivity index (χ0) is 15.7. The van der Waals surface area contributed by atoms with Crippen molar-refractivity contribution >= 4 is 16.9 Å². The maximum Gasteiger partial charge on any atom is 0.287 e. The number of aryl methyl sites for hydroxylation is 1. The van der Waals surface area contributed by atoms with Gasteiger partial charge in [-0.05, 0) is 38.0 Å². The van der Waals surface area contributed by atoms with Crippen molar-refractivity contribution < 1.29 is 19.1 Å². The van der Waals surface area contributed by atoms with Crippen LogP contribution in [0, 0.1) is 6.92 Å². The molecule has 5 heteroatoms. The summed E-state index contributed by atoms with van der Waals surface area (Å²) in [6.45, 7) is 2.12. The van der Waals surface area contributed by atoms with Crippen LogP contribution < -0.4 is 10.1 Å². The highest BCUT2D eigenvalue weighted by molar-refractivity contribution is 5.99. The summed E-state index contributed by atoms with van der Waals surface area (Å²) in [5, 5.41) is 14.0. The average molecular weight is 303 g/mol. The Kier molecular flexibility index (Phi) is 3.83. The first kappa shape index (κ1) is 14.9. The molecular formula is C17H21NO4. The van der Waals surface area contributed by atoms with Gasteiger partial charge in [-0.15, -0.1) is 0 Å². The first-order chi connectivity index (χ1) is 10.5. The molecule has 1 aliphatic carbocycles. The maximum atomic E-state index is 12.3. The lowest BCUT2D eigenvalue weighted by Crippen LogP contribution is -2.40. The molecule has 1 saturated carbocycles. The number of hydrogen-bond donors (Lipinski definition) is 2. The summed E-state index contributed by atoms with van der Waals surface area (Å²) in [6.07, 6.45) is 3.50. The molecule has 1 amide bonds. The van der Waals surface area contributed by atoms with Crippen LogP contribution in [0.3, 0.4) is 0 Å². The molecular weight excluding hydrogens is 282 g/mol. The van der Waals surface area contributed by atoms with Crippen LogP contribution in [0.15, 0.2) is 22.6 Å². The fourth-order valence-corrected chi connectivity index (χ4v) is 3.08. The van der Waals surface area contributed by atoms with Gasteiger partial charge in [-0.3, -0.25) is 4.79 Å². The Hall–Kier alpha value is -2.01.